The van der Waals surface area contributed by atoms with E-state index in [1.807, 2.05) is 154 Å². The van der Waals surface area contributed by atoms with Crippen molar-refractivity contribution >= 4 is 136 Å². The van der Waals surface area contributed by atoms with Crippen LogP contribution in [0.15, 0.2) is 306 Å². The molecule has 17 heterocycles. The predicted octanol–water partition coefficient (Wildman–Crippen LogP) is 18.4. The summed E-state index contributed by atoms with van der Waals surface area (Å²) in [7, 11) is 7.38. The van der Waals surface area contributed by atoms with Gasteiger partial charge in [0.05, 0.1) is 51.4 Å². The number of nitrogens with zero attached hydrogens (tertiary/aromatic N) is 19. The van der Waals surface area contributed by atoms with E-state index in [2.05, 4.69) is 171 Å². The topological polar surface area (TPSA) is 489 Å². The lowest BCUT2D eigenvalue weighted by molar-refractivity contribution is -0.117. The molecule has 2 saturated heterocycles. The molecule has 5 aromatic carbocycles. The summed E-state index contributed by atoms with van der Waals surface area (Å²) in [4.78, 5) is 138. The molecular weight excluding hydrogens is 1880 g/mol. The minimum Gasteiger partial charge on any atom is -0.331 e. The number of carbonyl (C=O) groups is 7. The van der Waals surface area contributed by atoms with Gasteiger partial charge in [-0.1, -0.05) is 36.8 Å². The average molecular weight is 1980 g/mol. The van der Waals surface area contributed by atoms with Crippen LogP contribution in [0.25, 0.3) is 110 Å². The Labute approximate surface area is 853 Å². The number of pyridine rings is 10. The van der Waals surface area contributed by atoms with Gasteiger partial charge in [-0.2, -0.15) is 25.5 Å². The quantitative estimate of drug-likeness (QED) is 0.0267. The van der Waals surface area contributed by atoms with Crippen molar-refractivity contribution in [3.05, 3.63) is 351 Å². The standard InChI is InChI=1S/C24H24N6O.C23H22N6O.C22H18N6O2.C21H19N7O2.C21H20N6O/c31-24(27-20-6-8-25-9-7-20)23-21-13-18(4-5-22(21)28-29-23)19-12-17(14-26-15-19)16-30-10-2-1-3-11-30;30-23(26-19-5-7-24-8-6-19)22-20-12-17(3-4-21(20)27-28-22)18-11-16(13-25-14-18)15-29-9-1-2-10-29;29-21(13-1-2-13)26-17-9-15(11-24-12-17)14-3-4-19-18(10-14)20(28-27-19)22(30)25-16-5-7-23-8-6-16;1-28(2)21(30)25-16-9-14(11-23-12-16)13-3-4-18-17(10-13)19(27-26-18)20(29)24-15-5-7-22-8-6-15;1-27(2)13-14-9-16(12-23-11-14)15-3-4-19-18(10-15)20(26-25-19)21(28)24-17-5-7-22-8-6-17/h4-9,12-15H,1-3,10-11,16H2,(H,28,29)(H,25,27,31);3-8,11-14H,1-2,9-10,15H2,(H,27,28)(H,24,26,30);3-13H,1-2H2,(H,26,29)(H,27,28)(H,23,25,30);3-12H,1-2H3,(H,25,30)(H,26,27)(H,22,24,29);3-12H,13H2,1-2H3,(H,25,26)(H,22,24,28). The van der Waals surface area contributed by atoms with Crippen LogP contribution in [0, 0.1) is 5.92 Å². The molecule has 1 aliphatic carbocycles. The molecule has 20 aromatic rings. The van der Waals surface area contributed by atoms with Gasteiger partial charge >= 0.3 is 6.03 Å². The zero-order valence-corrected chi connectivity index (χ0v) is 81.7. The monoisotopic (exact) mass is 1980 g/mol. The number of rotatable bonds is 24. The number of aromatic nitrogens is 20. The maximum atomic E-state index is 12.8. The molecule has 0 atom stereocenters. The van der Waals surface area contributed by atoms with E-state index in [9.17, 15) is 33.6 Å². The summed E-state index contributed by atoms with van der Waals surface area (Å²) in [5, 5.41) is 59.3. The Morgan fingerprint density at radius 2 is 0.537 bits per heavy atom. The van der Waals surface area contributed by atoms with Crippen LogP contribution >= 0.6 is 0 Å². The van der Waals surface area contributed by atoms with Gasteiger partial charge in [-0.3, -0.25) is 114 Å². The van der Waals surface area contributed by atoms with Crippen LogP contribution in [0.4, 0.5) is 44.6 Å². The molecule has 3 aliphatic rings. The largest absolute Gasteiger partial charge is 0.331 e. The number of aromatic amines is 5. The number of anilines is 7. The summed E-state index contributed by atoms with van der Waals surface area (Å²) in [6.45, 7) is 7.28. The third-order valence-electron chi connectivity index (χ3n) is 24.9. The van der Waals surface area contributed by atoms with E-state index in [0.29, 0.717) is 73.4 Å². The number of fused-ring (bicyclic) bond motifs is 5. The summed E-state index contributed by atoms with van der Waals surface area (Å²) in [6, 6.07) is 56.4. The first-order valence-electron chi connectivity index (χ1n) is 48.4. The van der Waals surface area contributed by atoms with Crippen LogP contribution in [-0.4, -0.2) is 216 Å². The van der Waals surface area contributed by atoms with Crippen molar-refractivity contribution in [3.8, 4) is 55.6 Å². The van der Waals surface area contributed by atoms with Gasteiger partial charge in [0.25, 0.3) is 29.5 Å². The van der Waals surface area contributed by atoms with Gasteiger partial charge < -0.3 is 47.0 Å². The first kappa shape index (κ1) is 98.7. The molecule has 23 rings (SSSR count). The number of likely N-dealkylation sites (tertiary alicyclic amines) is 2. The molecule has 0 bridgehead atoms. The summed E-state index contributed by atoms with van der Waals surface area (Å²) >= 11 is 0. The van der Waals surface area contributed by atoms with Gasteiger partial charge in [-0.25, -0.2) is 4.79 Å². The van der Waals surface area contributed by atoms with Gasteiger partial charge in [-0.15, -0.1) is 0 Å². The number of piperidine rings is 1. The number of amides is 8. The smallest absolute Gasteiger partial charge is 0.321 e. The molecule has 2 aliphatic heterocycles. The van der Waals surface area contributed by atoms with Gasteiger partial charge in [0.1, 0.15) is 0 Å². The van der Waals surface area contributed by atoms with Crippen molar-refractivity contribution < 1.29 is 33.6 Å². The van der Waals surface area contributed by atoms with Gasteiger partial charge in [-0.05, 0) is 275 Å². The second-order valence-corrected chi connectivity index (χ2v) is 36.4. The molecule has 38 heteroatoms. The fourth-order valence-electron chi connectivity index (χ4n) is 17.3. The lowest BCUT2D eigenvalue weighted by atomic mass is 10.0. The Morgan fingerprint density at radius 3 is 0.819 bits per heavy atom. The lowest BCUT2D eigenvalue weighted by Crippen LogP contribution is -2.29. The van der Waals surface area contributed by atoms with Crippen LogP contribution in [0.3, 0.4) is 0 Å². The number of urea groups is 1. The third-order valence-corrected chi connectivity index (χ3v) is 24.9. The number of hydrogen-bond acceptors (Lipinski definition) is 25. The van der Waals surface area contributed by atoms with Gasteiger partial charge in [0.2, 0.25) is 5.91 Å². The van der Waals surface area contributed by atoms with Crippen molar-refractivity contribution in [1.82, 2.24) is 120 Å². The van der Waals surface area contributed by atoms with E-state index in [1.165, 1.54) is 48.1 Å². The van der Waals surface area contributed by atoms with Gasteiger partial charge in [0, 0.05) is 234 Å². The fraction of sp³-hybridized carbons (Fsp3) is 0.171. The van der Waals surface area contributed by atoms with E-state index in [4.69, 9.17) is 0 Å². The highest BCUT2D eigenvalue weighted by molar-refractivity contribution is 6.16. The first-order chi connectivity index (χ1) is 72.8. The second-order valence-electron chi connectivity index (χ2n) is 36.4. The normalized spacial score (nSPS) is 12.8. The Hall–Kier alpha value is -19.1. The van der Waals surface area contributed by atoms with Crippen LogP contribution in [0.5, 0.6) is 0 Å². The van der Waals surface area contributed by atoms with E-state index >= 15 is 0 Å². The number of nitrogens with one attached hydrogen (secondary N) is 12. The Bertz CT molecular complexity index is 7980. The fourth-order valence-corrected chi connectivity index (χ4v) is 17.3. The number of carbonyl (C=O) groups excluding carboxylic acids is 7. The molecule has 15 aromatic heterocycles. The van der Waals surface area contributed by atoms with E-state index < -0.39 is 0 Å². The van der Waals surface area contributed by atoms with Crippen LogP contribution < -0.4 is 37.2 Å². The molecule has 744 valence electrons. The summed E-state index contributed by atoms with van der Waals surface area (Å²) < 4.78 is 0. The maximum Gasteiger partial charge on any atom is 0.321 e. The maximum absolute atomic E-state index is 12.8. The Morgan fingerprint density at radius 1 is 0.275 bits per heavy atom. The predicted molar refractivity (Wildman–Crippen MR) is 573 cm³/mol. The van der Waals surface area contributed by atoms with E-state index in [-0.39, 0.29) is 53.1 Å². The Kier molecular flexibility index (Phi) is 30.8. The van der Waals surface area contributed by atoms with Gasteiger partial charge in [0.15, 0.2) is 28.5 Å². The third kappa shape index (κ3) is 25.2. The highest BCUT2D eigenvalue weighted by atomic mass is 16.2. The van der Waals surface area contributed by atoms with E-state index in [0.717, 1.165) is 164 Å². The van der Waals surface area contributed by atoms with Crippen molar-refractivity contribution in [2.24, 2.45) is 5.92 Å². The van der Waals surface area contributed by atoms with Crippen molar-refractivity contribution in [2.75, 3.05) is 91.6 Å². The summed E-state index contributed by atoms with van der Waals surface area (Å²) in [5.41, 5.74) is 23.2. The molecule has 0 spiro atoms. The summed E-state index contributed by atoms with van der Waals surface area (Å²) in [5.74, 6) is -1.26. The minimum atomic E-state index is -0.324. The number of hydrogen-bond donors (Lipinski definition) is 12. The highest BCUT2D eigenvalue weighted by Crippen LogP contribution is 2.36. The molecule has 38 nitrogen and oxygen atoms in total. The average Bonchev–Trinajstić information content (AvgIpc) is 1.68. The minimum absolute atomic E-state index is 0.0364. The van der Waals surface area contributed by atoms with E-state index in [1.54, 1.807) is 162 Å². The highest BCUT2D eigenvalue weighted by Gasteiger charge is 2.30. The van der Waals surface area contributed by atoms with Crippen molar-refractivity contribution in [2.45, 2.75) is 64.6 Å². The molecule has 149 heavy (non-hydrogen) atoms. The van der Waals surface area contributed by atoms with Crippen LogP contribution in [-0.2, 0) is 24.4 Å². The second kappa shape index (κ2) is 46.5. The number of benzene rings is 5. The van der Waals surface area contributed by atoms with Crippen LogP contribution in [0.2, 0.25) is 0 Å². The first-order valence-corrected chi connectivity index (χ1v) is 48.4. The molecule has 3 fully saturated rings. The molecule has 8 amide bonds. The van der Waals surface area contributed by atoms with Crippen LogP contribution in [0.1, 0.15) is 114 Å². The molecule has 1 saturated carbocycles. The van der Waals surface area contributed by atoms with Crippen molar-refractivity contribution in [1.29, 1.82) is 0 Å². The molecule has 12 N–H and O–H groups in total. The number of H-pyrrole nitrogens is 5. The molecule has 0 radical (unpaired) electrons. The molecular formula is C111H103N31O7. The summed E-state index contributed by atoms with van der Waals surface area (Å²) in [6.07, 6.45) is 42.5. The lowest BCUT2D eigenvalue weighted by Gasteiger charge is -2.26. The zero-order valence-electron chi connectivity index (χ0n) is 81.7. The van der Waals surface area contributed by atoms with Crippen molar-refractivity contribution in [3.63, 3.8) is 0 Å². The molecule has 0 unspecified atom stereocenters. The SMILES string of the molecule is CN(C)C(=O)Nc1cncc(-c2ccc3[nH]nc(C(=O)Nc4ccncc4)c3c2)c1.CN(C)Cc1cncc(-c2ccc3[nH]nc(C(=O)Nc4ccncc4)c3c2)c1.O=C(Nc1ccncc1)c1n[nH]c2ccc(-c3cncc(CN4CCCC4)c3)cc12.O=C(Nc1ccncc1)c1n[nH]c2ccc(-c3cncc(CN4CCCCC4)c3)cc12.O=C(Nc1ccncc1)c1n[nH]c2ccc(-c3cncc(NC(=O)C4CC4)c3)cc12. The zero-order chi connectivity index (χ0) is 102. The Balaban J connectivity index is 0.000000117.